The lowest BCUT2D eigenvalue weighted by Crippen LogP contribution is -3.24. The maximum absolute atomic E-state index is 2.65. The monoisotopic (exact) mass is 213 g/mol. The molecule has 0 saturated carbocycles. The minimum absolute atomic E-state index is 0.302. The first-order valence-electron chi connectivity index (χ1n) is 6.27. The number of nitrogens with zero attached hydrogens (tertiary/aromatic N) is 1. The van der Waals surface area contributed by atoms with E-state index in [1.165, 1.54) is 19.5 Å². The Morgan fingerprint density at radius 3 is 2.00 bits per heavy atom. The summed E-state index contributed by atoms with van der Waals surface area (Å²) in [6.07, 6.45) is 1.97. The second-order valence-corrected chi connectivity index (χ2v) is 6.92. The summed E-state index contributed by atoms with van der Waals surface area (Å²) in [6.45, 7) is 19.0. The molecule has 0 aliphatic carbocycles. The van der Waals surface area contributed by atoms with Gasteiger partial charge in [-0.3, -0.25) is 0 Å². The molecule has 15 heavy (non-hydrogen) atoms. The Morgan fingerprint density at radius 2 is 1.60 bits per heavy atom. The lowest BCUT2D eigenvalue weighted by molar-refractivity contribution is -0.985. The molecule has 2 atom stereocenters. The van der Waals surface area contributed by atoms with Gasteiger partial charge in [0.25, 0.3) is 0 Å². The van der Waals surface area contributed by atoms with Crippen molar-refractivity contribution >= 4 is 0 Å². The van der Waals surface area contributed by atoms with Crippen molar-refractivity contribution in [3.8, 4) is 0 Å². The van der Waals surface area contributed by atoms with Crippen LogP contribution in [0.1, 0.15) is 54.9 Å². The molecule has 0 bridgehead atoms. The smallest absolute Gasteiger partial charge is 0.141 e. The minimum Gasteiger partial charge on any atom is -0.316 e. The molecule has 0 amide bonds. The third kappa shape index (κ3) is 2.94. The van der Waals surface area contributed by atoms with E-state index in [4.69, 9.17) is 0 Å². The molecule has 2 unspecified atom stereocenters. The van der Waals surface area contributed by atoms with Gasteiger partial charge in [-0.25, -0.2) is 4.90 Å². The minimum atomic E-state index is 0.302. The number of hydrogen-bond acceptors (Lipinski definition) is 1. The Kier molecular flexibility index (Phi) is 3.52. The molecule has 1 N–H and O–H groups in total. The van der Waals surface area contributed by atoms with Crippen molar-refractivity contribution in [1.82, 2.24) is 4.90 Å². The van der Waals surface area contributed by atoms with E-state index >= 15 is 0 Å². The van der Waals surface area contributed by atoms with Crippen molar-refractivity contribution in [3.05, 3.63) is 0 Å². The first-order valence-corrected chi connectivity index (χ1v) is 6.27. The van der Waals surface area contributed by atoms with Crippen LogP contribution in [0.15, 0.2) is 0 Å². The summed E-state index contributed by atoms with van der Waals surface area (Å²) in [6, 6.07) is 0. The molecule has 1 saturated heterocycles. The molecule has 2 nitrogen and oxygen atoms in total. The zero-order valence-electron chi connectivity index (χ0n) is 11.6. The molecule has 0 spiro atoms. The van der Waals surface area contributed by atoms with Crippen LogP contribution in [0.3, 0.4) is 0 Å². The van der Waals surface area contributed by atoms with Gasteiger partial charge >= 0.3 is 0 Å². The molecular weight excluding hydrogens is 184 g/mol. The third-order valence-corrected chi connectivity index (χ3v) is 3.64. The molecule has 2 heteroatoms. The van der Waals surface area contributed by atoms with Crippen LogP contribution in [0.5, 0.6) is 0 Å². The molecule has 1 aliphatic rings. The second kappa shape index (κ2) is 4.06. The number of nitrogens with one attached hydrogen (secondary N) is 1. The van der Waals surface area contributed by atoms with Gasteiger partial charge in [0.2, 0.25) is 0 Å². The van der Waals surface area contributed by atoms with Crippen molar-refractivity contribution in [3.63, 3.8) is 0 Å². The summed E-state index contributed by atoms with van der Waals surface area (Å²) in [5.74, 6) is 0. The second-order valence-electron chi connectivity index (χ2n) is 6.92. The lowest BCUT2D eigenvalue weighted by Gasteiger charge is -2.50. The van der Waals surface area contributed by atoms with E-state index in [0.717, 1.165) is 0 Å². The van der Waals surface area contributed by atoms with Gasteiger partial charge in [0.05, 0.1) is 12.1 Å². The van der Waals surface area contributed by atoms with Crippen molar-refractivity contribution in [1.29, 1.82) is 0 Å². The third-order valence-electron chi connectivity index (χ3n) is 3.64. The molecule has 1 fully saturated rings. The average Bonchev–Trinajstić information content (AvgIpc) is 1.99. The maximum Gasteiger partial charge on any atom is 0.141 e. The lowest BCUT2D eigenvalue weighted by atomic mass is 9.98. The predicted molar refractivity (Wildman–Crippen MR) is 66.1 cm³/mol. The van der Waals surface area contributed by atoms with E-state index < -0.39 is 0 Å². The van der Waals surface area contributed by atoms with Gasteiger partial charge in [0.15, 0.2) is 0 Å². The van der Waals surface area contributed by atoms with Crippen LogP contribution >= 0.6 is 0 Å². The van der Waals surface area contributed by atoms with E-state index in [9.17, 15) is 0 Å². The SMILES string of the molecule is CC1N(C(C)(C)C)CCC[NH+]1C(C)(C)C. The van der Waals surface area contributed by atoms with Gasteiger partial charge in [0, 0.05) is 25.4 Å². The molecule has 1 heterocycles. The summed E-state index contributed by atoms with van der Waals surface area (Å²) in [4.78, 5) is 4.38. The summed E-state index contributed by atoms with van der Waals surface area (Å²) in [5.41, 5.74) is 0.666. The molecule has 0 aromatic rings. The van der Waals surface area contributed by atoms with Crippen molar-refractivity contribution in [2.75, 3.05) is 13.1 Å². The highest BCUT2D eigenvalue weighted by molar-refractivity contribution is 4.79. The fraction of sp³-hybridized carbons (Fsp3) is 1.00. The summed E-state index contributed by atoms with van der Waals surface area (Å²) >= 11 is 0. The van der Waals surface area contributed by atoms with Crippen LogP contribution < -0.4 is 4.90 Å². The summed E-state index contributed by atoms with van der Waals surface area (Å²) in [5, 5.41) is 0. The first kappa shape index (κ1) is 13.0. The molecular formula is C13H29N2+. The van der Waals surface area contributed by atoms with Crippen molar-refractivity contribution in [2.24, 2.45) is 0 Å². The topological polar surface area (TPSA) is 7.68 Å². The molecule has 0 radical (unpaired) electrons. The molecule has 0 aromatic heterocycles. The van der Waals surface area contributed by atoms with Gasteiger partial charge in [-0.2, -0.15) is 0 Å². The van der Waals surface area contributed by atoms with Gasteiger partial charge in [0.1, 0.15) is 6.17 Å². The number of quaternary nitrogens is 1. The quantitative estimate of drug-likeness (QED) is 0.641. The predicted octanol–water partition coefficient (Wildman–Crippen LogP) is 1.52. The fourth-order valence-electron chi connectivity index (χ4n) is 2.95. The van der Waals surface area contributed by atoms with Crippen LogP contribution in [0, 0.1) is 0 Å². The van der Waals surface area contributed by atoms with Gasteiger partial charge in [-0.05, 0) is 41.5 Å². The number of hydrogen-bond donors (Lipinski definition) is 1. The van der Waals surface area contributed by atoms with Gasteiger partial charge in [-0.15, -0.1) is 0 Å². The summed E-state index contributed by atoms with van der Waals surface area (Å²) in [7, 11) is 0. The largest absolute Gasteiger partial charge is 0.316 e. The highest BCUT2D eigenvalue weighted by atomic mass is 15.4. The number of rotatable bonds is 0. The Labute approximate surface area is 95.6 Å². The van der Waals surface area contributed by atoms with Crippen molar-refractivity contribution < 1.29 is 4.90 Å². The normalized spacial score (nSPS) is 30.6. The molecule has 1 rings (SSSR count). The molecule has 90 valence electrons. The standard InChI is InChI=1S/C13H28N2/c1-11-14(12(2,3)4)9-8-10-15(11)13(5,6)7/h11H,8-10H2,1-7H3/p+1. The highest BCUT2D eigenvalue weighted by Crippen LogP contribution is 2.17. The average molecular weight is 213 g/mol. The first-order chi connectivity index (χ1) is 6.64. The Bertz CT molecular complexity index is 188. The van der Waals surface area contributed by atoms with Crippen LogP contribution in [0.25, 0.3) is 0 Å². The van der Waals surface area contributed by atoms with Gasteiger partial charge in [-0.1, -0.05) is 0 Å². The Morgan fingerprint density at radius 1 is 1.07 bits per heavy atom. The van der Waals surface area contributed by atoms with E-state index in [2.05, 4.69) is 53.4 Å². The van der Waals surface area contributed by atoms with E-state index in [1.807, 2.05) is 0 Å². The highest BCUT2D eigenvalue weighted by Gasteiger charge is 2.40. The van der Waals surface area contributed by atoms with E-state index in [-0.39, 0.29) is 0 Å². The van der Waals surface area contributed by atoms with Crippen LogP contribution in [0.4, 0.5) is 0 Å². The summed E-state index contributed by atoms with van der Waals surface area (Å²) < 4.78 is 0. The Balaban J connectivity index is 2.81. The Hall–Kier alpha value is -0.0800. The fourth-order valence-corrected chi connectivity index (χ4v) is 2.95. The maximum atomic E-state index is 2.65. The molecule has 1 aliphatic heterocycles. The van der Waals surface area contributed by atoms with E-state index in [0.29, 0.717) is 17.2 Å². The van der Waals surface area contributed by atoms with Crippen LogP contribution in [-0.2, 0) is 0 Å². The van der Waals surface area contributed by atoms with E-state index in [1.54, 1.807) is 4.90 Å². The van der Waals surface area contributed by atoms with Crippen molar-refractivity contribution in [2.45, 2.75) is 72.1 Å². The van der Waals surface area contributed by atoms with Crippen LogP contribution in [-0.4, -0.2) is 35.2 Å². The zero-order valence-corrected chi connectivity index (χ0v) is 11.6. The van der Waals surface area contributed by atoms with Gasteiger partial charge < -0.3 is 4.90 Å². The zero-order chi connectivity index (χ0) is 11.9. The molecule has 0 aromatic carbocycles. The van der Waals surface area contributed by atoms with Crippen LogP contribution in [0.2, 0.25) is 0 Å².